The van der Waals surface area contributed by atoms with Gasteiger partial charge >= 0.3 is 0 Å². The van der Waals surface area contributed by atoms with Gasteiger partial charge in [-0.2, -0.15) is 4.98 Å². The lowest BCUT2D eigenvalue weighted by Gasteiger charge is -2.32. The minimum atomic E-state index is 0.0145. The Balaban J connectivity index is 1.38. The summed E-state index contributed by atoms with van der Waals surface area (Å²) in [5.41, 5.74) is 0.715. The summed E-state index contributed by atoms with van der Waals surface area (Å²) in [5, 5.41) is 7.32. The zero-order chi connectivity index (χ0) is 16.4. The molecule has 0 spiro atoms. The number of nitrogens with one attached hydrogen (secondary N) is 1. The van der Waals surface area contributed by atoms with Crippen molar-refractivity contribution in [3.8, 4) is 11.5 Å². The first kappa shape index (κ1) is 15.3. The van der Waals surface area contributed by atoms with E-state index in [1.54, 1.807) is 6.20 Å². The van der Waals surface area contributed by atoms with E-state index >= 15 is 0 Å². The molecule has 0 aromatic carbocycles. The van der Waals surface area contributed by atoms with Crippen LogP contribution in [0.3, 0.4) is 0 Å². The summed E-state index contributed by atoms with van der Waals surface area (Å²) in [7, 11) is 0. The van der Waals surface area contributed by atoms with Crippen LogP contribution in [0.1, 0.15) is 37.5 Å². The molecule has 2 aliphatic rings. The molecule has 4 heterocycles. The number of hydrogen-bond acceptors (Lipinski definition) is 6. The third kappa shape index (κ3) is 3.03. The van der Waals surface area contributed by atoms with Gasteiger partial charge in [-0.3, -0.25) is 9.78 Å². The standard InChI is InChI=1S/C17H21N5O2/c23-17(14-5-3-9-19-14)22-10-6-12(7-11-22)16-20-15(21-24-16)13-4-1-2-8-18-13/h1-2,4,8,12,14,19H,3,5-7,9-11H2. The molecule has 1 unspecified atom stereocenters. The van der Waals surface area contributed by atoms with E-state index in [-0.39, 0.29) is 17.9 Å². The van der Waals surface area contributed by atoms with Gasteiger partial charge in [0.05, 0.1) is 6.04 Å². The van der Waals surface area contributed by atoms with E-state index in [4.69, 9.17) is 4.52 Å². The van der Waals surface area contributed by atoms with Gasteiger partial charge in [0.1, 0.15) is 5.69 Å². The highest BCUT2D eigenvalue weighted by Crippen LogP contribution is 2.28. The van der Waals surface area contributed by atoms with Gasteiger partial charge < -0.3 is 14.7 Å². The highest BCUT2D eigenvalue weighted by Gasteiger charge is 2.32. The van der Waals surface area contributed by atoms with Crippen LogP contribution >= 0.6 is 0 Å². The second-order valence-corrected chi connectivity index (χ2v) is 6.42. The van der Waals surface area contributed by atoms with Crippen molar-refractivity contribution in [3.63, 3.8) is 0 Å². The van der Waals surface area contributed by atoms with Gasteiger partial charge in [-0.05, 0) is 44.4 Å². The topological polar surface area (TPSA) is 84.2 Å². The monoisotopic (exact) mass is 327 g/mol. The van der Waals surface area contributed by atoms with Crippen molar-refractivity contribution in [2.24, 2.45) is 0 Å². The van der Waals surface area contributed by atoms with Crippen LogP contribution < -0.4 is 5.32 Å². The Morgan fingerprint density at radius 1 is 1.25 bits per heavy atom. The van der Waals surface area contributed by atoms with E-state index in [1.165, 1.54) is 0 Å². The molecule has 2 aromatic heterocycles. The van der Waals surface area contributed by atoms with Crippen LogP contribution in [-0.2, 0) is 4.79 Å². The molecule has 1 N–H and O–H groups in total. The average Bonchev–Trinajstić information content (AvgIpc) is 3.34. The molecule has 4 rings (SSSR count). The molecule has 0 bridgehead atoms. The number of aromatic nitrogens is 3. The average molecular weight is 327 g/mol. The van der Waals surface area contributed by atoms with E-state index in [0.717, 1.165) is 45.3 Å². The van der Waals surface area contributed by atoms with Crippen LogP contribution in [0, 0.1) is 0 Å². The van der Waals surface area contributed by atoms with Crippen LogP contribution in [0.5, 0.6) is 0 Å². The lowest BCUT2D eigenvalue weighted by Crippen LogP contribution is -2.46. The summed E-state index contributed by atoms with van der Waals surface area (Å²) in [6, 6.07) is 5.64. The van der Waals surface area contributed by atoms with Crippen LogP contribution in [0.15, 0.2) is 28.9 Å². The summed E-state index contributed by atoms with van der Waals surface area (Å²) in [6.07, 6.45) is 5.48. The maximum absolute atomic E-state index is 12.4. The third-order valence-electron chi connectivity index (χ3n) is 4.85. The highest BCUT2D eigenvalue weighted by molar-refractivity contribution is 5.82. The molecule has 0 saturated carbocycles. The van der Waals surface area contributed by atoms with E-state index in [2.05, 4.69) is 20.4 Å². The Hall–Kier alpha value is -2.28. The summed E-state index contributed by atoms with van der Waals surface area (Å²) in [4.78, 5) is 23.1. The van der Waals surface area contributed by atoms with Crippen molar-refractivity contribution in [2.75, 3.05) is 19.6 Å². The minimum absolute atomic E-state index is 0.0145. The molecule has 2 fully saturated rings. The minimum Gasteiger partial charge on any atom is -0.341 e. The Bertz CT molecular complexity index is 688. The lowest BCUT2D eigenvalue weighted by molar-refractivity contribution is -0.134. The molecule has 7 heteroatoms. The van der Waals surface area contributed by atoms with E-state index in [1.807, 2.05) is 23.1 Å². The molecule has 0 radical (unpaired) electrons. The number of nitrogens with zero attached hydrogens (tertiary/aromatic N) is 4. The second-order valence-electron chi connectivity index (χ2n) is 6.42. The fourth-order valence-electron chi connectivity index (χ4n) is 3.46. The molecule has 1 atom stereocenters. The summed E-state index contributed by atoms with van der Waals surface area (Å²) < 4.78 is 5.44. The number of hydrogen-bond donors (Lipinski definition) is 1. The number of piperidine rings is 1. The Kier molecular flexibility index (Phi) is 4.25. The van der Waals surface area contributed by atoms with Crippen LogP contribution in [-0.4, -0.2) is 51.6 Å². The molecular formula is C17H21N5O2. The van der Waals surface area contributed by atoms with Gasteiger partial charge in [0.25, 0.3) is 0 Å². The molecule has 7 nitrogen and oxygen atoms in total. The van der Waals surface area contributed by atoms with Gasteiger partial charge in [0.2, 0.25) is 17.6 Å². The molecule has 0 aliphatic carbocycles. The molecule has 1 amide bonds. The van der Waals surface area contributed by atoms with Crippen molar-refractivity contribution in [1.82, 2.24) is 25.3 Å². The Morgan fingerprint density at radius 3 is 2.83 bits per heavy atom. The smallest absolute Gasteiger partial charge is 0.239 e. The normalized spacial score (nSPS) is 22.0. The van der Waals surface area contributed by atoms with Crippen LogP contribution in [0.2, 0.25) is 0 Å². The fraction of sp³-hybridized carbons (Fsp3) is 0.529. The van der Waals surface area contributed by atoms with E-state index in [0.29, 0.717) is 17.4 Å². The molecule has 2 aromatic rings. The number of amides is 1. The highest BCUT2D eigenvalue weighted by atomic mass is 16.5. The first-order valence-corrected chi connectivity index (χ1v) is 8.58. The number of rotatable bonds is 3. The molecular weight excluding hydrogens is 306 g/mol. The summed E-state index contributed by atoms with van der Waals surface area (Å²) in [5.74, 6) is 1.64. The SMILES string of the molecule is O=C(C1CCCN1)N1CCC(c2nc(-c3ccccn3)no2)CC1. The van der Waals surface area contributed by atoms with Gasteiger partial charge in [-0.1, -0.05) is 11.2 Å². The quantitative estimate of drug-likeness (QED) is 0.921. The second kappa shape index (κ2) is 6.68. The van der Waals surface area contributed by atoms with Crippen molar-refractivity contribution >= 4 is 5.91 Å². The predicted molar refractivity (Wildman–Crippen MR) is 87.1 cm³/mol. The van der Waals surface area contributed by atoms with E-state index in [9.17, 15) is 4.79 Å². The number of carbonyl (C=O) groups excluding carboxylic acids is 1. The Morgan fingerprint density at radius 2 is 2.12 bits per heavy atom. The van der Waals surface area contributed by atoms with Crippen LogP contribution in [0.25, 0.3) is 11.5 Å². The summed E-state index contributed by atoms with van der Waals surface area (Å²) >= 11 is 0. The Labute approximate surface area is 140 Å². The zero-order valence-electron chi connectivity index (χ0n) is 13.5. The van der Waals surface area contributed by atoms with E-state index < -0.39 is 0 Å². The van der Waals surface area contributed by atoms with Crippen LogP contribution in [0.4, 0.5) is 0 Å². The van der Waals surface area contributed by atoms with Gasteiger partial charge in [0.15, 0.2) is 0 Å². The molecule has 126 valence electrons. The molecule has 2 saturated heterocycles. The van der Waals surface area contributed by atoms with Gasteiger partial charge in [-0.25, -0.2) is 0 Å². The number of pyridine rings is 1. The zero-order valence-corrected chi connectivity index (χ0v) is 13.5. The summed E-state index contributed by atoms with van der Waals surface area (Å²) in [6.45, 7) is 2.46. The fourth-order valence-corrected chi connectivity index (χ4v) is 3.46. The van der Waals surface area contributed by atoms with Crippen molar-refractivity contribution < 1.29 is 9.32 Å². The lowest BCUT2D eigenvalue weighted by atomic mass is 9.96. The van der Waals surface area contributed by atoms with Gasteiger partial charge in [-0.15, -0.1) is 0 Å². The largest absolute Gasteiger partial charge is 0.341 e. The molecule has 2 aliphatic heterocycles. The van der Waals surface area contributed by atoms with Gasteiger partial charge in [0, 0.05) is 25.2 Å². The predicted octanol–water partition coefficient (Wildman–Crippen LogP) is 1.59. The van der Waals surface area contributed by atoms with Crippen molar-refractivity contribution in [3.05, 3.63) is 30.3 Å². The third-order valence-corrected chi connectivity index (χ3v) is 4.85. The van der Waals surface area contributed by atoms with Crippen molar-refractivity contribution in [1.29, 1.82) is 0 Å². The first-order valence-electron chi connectivity index (χ1n) is 8.58. The molecule has 24 heavy (non-hydrogen) atoms. The number of likely N-dealkylation sites (tertiary alicyclic amines) is 1. The maximum atomic E-state index is 12.4. The van der Waals surface area contributed by atoms with Crippen molar-refractivity contribution in [2.45, 2.75) is 37.6 Å². The first-order chi connectivity index (χ1) is 11.8. The number of carbonyl (C=O) groups is 1. The maximum Gasteiger partial charge on any atom is 0.239 e.